The molecular formula is C15H22N2O4. The summed E-state index contributed by atoms with van der Waals surface area (Å²) in [5.74, 6) is 0.249. The lowest BCUT2D eigenvalue weighted by Crippen LogP contribution is -2.47. The minimum atomic E-state index is -0.893. The van der Waals surface area contributed by atoms with E-state index in [2.05, 4.69) is 0 Å². The minimum absolute atomic E-state index is 0.223. The molecular weight excluding hydrogens is 272 g/mol. The summed E-state index contributed by atoms with van der Waals surface area (Å²) in [7, 11) is 3.17. The van der Waals surface area contributed by atoms with E-state index in [4.69, 9.17) is 15.2 Å². The number of carbonyl (C=O) groups is 1. The number of aliphatic hydroxyl groups is 1. The zero-order valence-corrected chi connectivity index (χ0v) is 12.5. The van der Waals surface area contributed by atoms with E-state index >= 15 is 0 Å². The van der Waals surface area contributed by atoms with Crippen molar-refractivity contribution >= 4 is 11.6 Å². The number of nitrogens with zero attached hydrogens (tertiary/aromatic N) is 1. The molecule has 0 bridgehead atoms. The summed E-state index contributed by atoms with van der Waals surface area (Å²) in [5.41, 5.74) is 5.74. The highest BCUT2D eigenvalue weighted by Gasteiger charge is 2.33. The molecule has 1 aliphatic heterocycles. The van der Waals surface area contributed by atoms with Crippen LogP contribution in [0.4, 0.5) is 5.69 Å². The monoisotopic (exact) mass is 294 g/mol. The molecule has 1 heterocycles. The maximum absolute atomic E-state index is 12.5. The lowest BCUT2D eigenvalue weighted by atomic mass is 9.93. The molecule has 1 aliphatic rings. The van der Waals surface area contributed by atoms with Crippen LogP contribution >= 0.6 is 0 Å². The van der Waals surface area contributed by atoms with Crippen molar-refractivity contribution in [2.45, 2.75) is 18.4 Å². The standard InChI is InChI=1S/C15H22N2O4/c1-17(10-15(19)5-7-21-8-6-15)14(18)12-9-11(16)3-4-13(12)20-2/h3-4,9,19H,5-8,10,16H2,1-2H3. The Balaban J connectivity index is 2.13. The van der Waals surface area contributed by atoms with Gasteiger partial charge in [-0.25, -0.2) is 0 Å². The number of hydrogen-bond acceptors (Lipinski definition) is 5. The number of benzene rings is 1. The Morgan fingerprint density at radius 3 is 2.76 bits per heavy atom. The molecule has 1 amide bonds. The predicted molar refractivity (Wildman–Crippen MR) is 79.4 cm³/mol. The smallest absolute Gasteiger partial charge is 0.257 e. The number of anilines is 1. The fourth-order valence-electron chi connectivity index (χ4n) is 2.52. The molecule has 1 saturated heterocycles. The Hall–Kier alpha value is -1.79. The van der Waals surface area contributed by atoms with Crippen molar-refractivity contribution in [3.63, 3.8) is 0 Å². The predicted octanol–water partition coefficient (Wildman–Crippen LogP) is 0.891. The summed E-state index contributed by atoms with van der Waals surface area (Å²) in [6, 6.07) is 4.94. The van der Waals surface area contributed by atoms with Gasteiger partial charge >= 0.3 is 0 Å². The Kier molecular flexibility index (Phi) is 4.69. The third-order valence-electron chi connectivity index (χ3n) is 3.76. The minimum Gasteiger partial charge on any atom is -0.496 e. The molecule has 0 spiro atoms. The van der Waals surface area contributed by atoms with E-state index in [-0.39, 0.29) is 12.5 Å². The molecule has 116 valence electrons. The molecule has 0 unspecified atom stereocenters. The van der Waals surface area contributed by atoms with Crippen LogP contribution in [-0.2, 0) is 4.74 Å². The van der Waals surface area contributed by atoms with Crippen molar-refractivity contribution in [3.05, 3.63) is 23.8 Å². The molecule has 0 aliphatic carbocycles. The van der Waals surface area contributed by atoms with Crippen LogP contribution in [0.1, 0.15) is 23.2 Å². The second-order valence-electron chi connectivity index (χ2n) is 5.46. The van der Waals surface area contributed by atoms with Gasteiger partial charge in [-0.3, -0.25) is 4.79 Å². The molecule has 0 saturated carbocycles. The first-order valence-electron chi connectivity index (χ1n) is 6.94. The Morgan fingerprint density at radius 1 is 1.48 bits per heavy atom. The number of rotatable bonds is 4. The van der Waals surface area contributed by atoms with E-state index in [9.17, 15) is 9.90 Å². The van der Waals surface area contributed by atoms with Gasteiger partial charge in [-0.05, 0) is 18.2 Å². The van der Waals surface area contributed by atoms with Crippen LogP contribution in [0, 0.1) is 0 Å². The van der Waals surface area contributed by atoms with Crippen molar-refractivity contribution in [2.24, 2.45) is 0 Å². The summed E-state index contributed by atoms with van der Waals surface area (Å²) in [6.45, 7) is 1.29. The maximum Gasteiger partial charge on any atom is 0.257 e. The van der Waals surface area contributed by atoms with Gasteiger partial charge in [0.1, 0.15) is 5.75 Å². The van der Waals surface area contributed by atoms with Crippen molar-refractivity contribution in [3.8, 4) is 5.75 Å². The molecule has 1 aromatic rings. The van der Waals surface area contributed by atoms with Gasteiger partial charge in [0.15, 0.2) is 0 Å². The first-order valence-corrected chi connectivity index (χ1v) is 6.94. The van der Waals surface area contributed by atoms with Gasteiger partial charge in [0.2, 0.25) is 0 Å². The third-order valence-corrected chi connectivity index (χ3v) is 3.76. The molecule has 21 heavy (non-hydrogen) atoms. The molecule has 0 atom stereocenters. The molecule has 0 radical (unpaired) electrons. The van der Waals surface area contributed by atoms with E-state index in [1.807, 2.05) is 0 Å². The van der Waals surface area contributed by atoms with Gasteiger partial charge < -0.3 is 25.2 Å². The maximum atomic E-state index is 12.5. The van der Waals surface area contributed by atoms with Crippen LogP contribution in [0.25, 0.3) is 0 Å². The zero-order valence-electron chi connectivity index (χ0n) is 12.5. The molecule has 6 heteroatoms. The Bertz CT molecular complexity index is 512. The lowest BCUT2D eigenvalue weighted by Gasteiger charge is -2.35. The summed E-state index contributed by atoms with van der Waals surface area (Å²) < 4.78 is 10.4. The number of methoxy groups -OCH3 is 1. The normalized spacial score (nSPS) is 17.3. The quantitative estimate of drug-likeness (QED) is 0.806. The van der Waals surface area contributed by atoms with Gasteiger partial charge in [0, 0.05) is 45.3 Å². The highest BCUT2D eigenvalue weighted by Crippen LogP contribution is 2.25. The molecule has 2 rings (SSSR count). The first-order chi connectivity index (χ1) is 9.95. The van der Waals surface area contributed by atoms with E-state index in [0.717, 1.165) is 0 Å². The Morgan fingerprint density at radius 2 is 2.14 bits per heavy atom. The zero-order chi connectivity index (χ0) is 15.5. The molecule has 0 aromatic heterocycles. The number of hydrogen-bond donors (Lipinski definition) is 2. The molecule has 6 nitrogen and oxygen atoms in total. The van der Waals surface area contributed by atoms with Crippen molar-refractivity contribution < 1.29 is 19.4 Å². The van der Waals surface area contributed by atoms with Crippen LogP contribution < -0.4 is 10.5 Å². The van der Waals surface area contributed by atoms with Crippen LogP contribution in [-0.4, -0.2) is 55.4 Å². The highest BCUT2D eigenvalue weighted by atomic mass is 16.5. The van der Waals surface area contributed by atoms with E-state index in [1.54, 1.807) is 25.2 Å². The van der Waals surface area contributed by atoms with Crippen LogP contribution in [0.3, 0.4) is 0 Å². The van der Waals surface area contributed by atoms with Gasteiger partial charge in [-0.2, -0.15) is 0 Å². The van der Waals surface area contributed by atoms with Gasteiger partial charge in [0.05, 0.1) is 18.3 Å². The van der Waals surface area contributed by atoms with Crippen molar-refractivity contribution in [2.75, 3.05) is 39.6 Å². The number of likely N-dealkylation sites (N-methyl/N-ethyl adjacent to an activating group) is 1. The third kappa shape index (κ3) is 3.65. The molecule has 1 fully saturated rings. The van der Waals surface area contributed by atoms with E-state index in [1.165, 1.54) is 12.0 Å². The fourth-order valence-corrected chi connectivity index (χ4v) is 2.52. The van der Waals surface area contributed by atoms with Gasteiger partial charge in [-0.1, -0.05) is 0 Å². The van der Waals surface area contributed by atoms with E-state index < -0.39 is 5.60 Å². The average Bonchev–Trinajstić information content (AvgIpc) is 2.46. The average molecular weight is 294 g/mol. The summed E-state index contributed by atoms with van der Waals surface area (Å²) in [4.78, 5) is 14.0. The lowest BCUT2D eigenvalue weighted by molar-refractivity contribution is -0.0734. The topological polar surface area (TPSA) is 85.0 Å². The number of amides is 1. The molecule has 3 N–H and O–H groups in total. The second kappa shape index (κ2) is 6.32. The van der Waals surface area contributed by atoms with E-state index in [0.29, 0.717) is 43.1 Å². The molecule has 1 aromatic carbocycles. The first kappa shape index (κ1) is 15.6. The fraction of sp³-hybridized carbons (Fsp3) is 0.533. The second-order valence-corrected chi connectivity index (χ2v) is 5.46. The number of nitrogen functional groups attached to an aromatic ring is 1. The summed E-state index contributed by atoms with van der Waals surface area (Å²) >= 11 is 0. The SMILES string of the molecule is COc1ccc(N)cc1C(=O)N(C)CC1(O)CCOCC1. The van der Waals surface area contributed by atoms with Gasteiger partial charge in [0.25, 0.3) is 5.91 Å². The number of carbonyl (C=O) groups excluding carboxylic acids is 1. The largest absolute Gasteiger partial charge is 0.496 e. The summed E-state index contributed by atoms with van der Waals surface area (Å²) in [6.07, 6.45) is 1.05. The van der Waals surface area contributed by atoms with Crippen LogP contribution in [0.15, 0.2) is 18.2 Å². The Labute approximate surface area is 124 Å². The number of ether oxygens (including phenoxy) is 2. The van der Waals surface area contributed by atoms with Gasteiger partial charge in [-0.15, -0.1) is 0 Å². The van der Waals surface area contributed by atoms with Crippen LogP contribution in [0.5, 0.6) is 5.75 Å². The van der Waals surface area contributed by atoms with Crippen molar-refractivity contribution in [1.82, 2.24) is 4.90 Å². The number of nitrogens with two attached hydrogens (primary N) is 1. The van der Waals surface area contributed by atoms with Crippen molar-refractivity contribution in [1.29, 1.82) is 0 Å². The van der Waals surface area contributed by atoms with Crippen LogP contribution in [0.2, 0.25) is 0 Å². The summed E-state index contributed by atoms with van der Waals surface area (Å²) in [5, 5.41) is 10.5. The highest BCUT2D eigenvalue weighted by molar-refractivity contribution is 5.97.